The number of hydrogen-bond acceptors (Lipinski definition) is 2. The maximum absolute atomic E-state index is 12.1. The maximum atomic E-state index is 12.1. The van der Waals surface area contributed by atoms with E-state index in [1.54, 1.807) is 31.2 Å². The number of nitrogens with one attached hydrogen (secondary N) is 2. The summed E-state index contributed by atoms with van der Waals surface area (Å²) in [6.45, 7) is 1.44. The highest BCUT2D eigenvalue weighted by Gasteiger charge is 2.37. The summed E-state index contributed by atoms with van der Waals surface area (Å²) >= 11 is 5.82. The molecule has 2 amide bonds. The number of carbonyl (C=O) groups is 1. The lowest BCUT2D eigenvalue weighted by atomic mass is 10.1. The molecule has 0 spiro atoms. The summed E-state index contributed by atoms with van der Waals surface area (Å²) in [5.74, 6) is 0. The smallest absolute Gasteiger partial charge is 0.384 e. The molecule has 1 rings (SSSR count). The number of hydrogen-bond donors (Lipinski definition) is 3. The first-order valence-electron chi connectivity index (χ1n) is 6.24. The molecule has 0 heterocycles. The molecule has 0 aromatic heterocycles. The topological polar surface area (TPSA) is 61.4 Å². The zero-order valence-electron chi connectivity index (χ0n) is 11.2. The molecule has 21 heavy (non-hydrogen) atoms. The van der Waals surface area contributed by atoms with Gasteiger partial charge in [-0.1, -0.05) is 23.7 Å². The van der Waals surface area contributed by atoms with E-state index < -0.39 is 24.7 Å². The lowest BCUT2D eigenvalue weighted by molar-refractivity contribution is -0.204. The van der Waals surface area contributed by atoms with Crippen molar-refractivity contribution in [2.75, 3.05) is 6.54 Å². The van der Waals surface area contributed by atoms with Crippen LogP contribution in [0.5, 0.6) is 0 Å². The van der Waals surface area contributed by atoms with Crippen molar-refractivity contribution in [3.63, 3.8) is 0 Å². The van der Waals surface area contributed by atoms with E-state index in [-0.39, 0.29) is 12.6 Å². The molecule has 3 N–H and O–H groups in total. The van der Waals surface area contributed by atoms with Crippen molar-refractivity contribution in [1.82, 2.24) is 10.6 Å². The van der Waals surface area contributed by atoms with E-state index >= 15 is 0 Å². The molecule has 0 aliphatic rings. The second-order valence-corrected chi connectivity index (χ2v) is 4.96. The van der Waals surface area contributed by atoms with Crippen LogP contribution in [0.4, 0.5) is 18.0 Å². The fourth-order valence-electron chi connectivity index (χ4n) is 1.59. The predicted octanol–water partition coefficient (Wildman–Crippen LogP) is 3.01. The highest BCUT2D eigenvalue weighted by Crippen LogP contribution is 2.21. The summed E-state index contributed by atoms with van der Waals surface area (Å²) in [7, 11) is 0. The van der Waals surface area contributed by atoms with Gasteiger partial charge in [0.25, 0.3) is 0 Å². The SMILES string of the molecule is C[C@@H](NC(=O)NCC[C@@H](O)C(F)(F)F)c1cccc(Cl)c1. The Hall–Kier alpha value is -1.47. The lowest BCUT2D eigenvalue weighted by Crippen LogP contribution is -2.40. The molecule has 1 aromatic carbocycles. The van der Waals surface area contributed by atoms with Crippen LogP contribution in [-0.4, -0.2) is 30.0 Å². The van der Waals surface area contributed by atoms with E-state index in [9.17, 15) is 18.0 Å². The molecule has 0 fully saturated rings. The van der Waals surface area contributed by atoms with Crippen molar-refractivity contribution < 1.29 is 23.1 Å². The quantitative estimate of drug-likeness (QED) is 0.779. The Labute approximate surface area is 125 Å². The summed E-state index contributed by atoms with van der Waals surface area (Å²) in [4.78, 5) is 11.5. The lowest BCUT2D eigenvalue weighted by Gasteiger charge is -2.17. The number of benzene rings is 1. The van der Waals surface area contributed by atoms with Gasteiger partial charge in [0, 0.05) is 11.6 Å². The minimum absolute atomic E-state index is 0.283. The Morgan fingerprint density at radius 2 is 2.10 bits per heavy atom. The molecule has 0 radical (unpaired) electrons. The normalized spacial score (nSPS) is 14.4. The second-order valence-electron chi connectivity index (χ2n) is 4.52. The fraction of sp³-hybridized carbons (Fsp3) is 0.462. The standard InChI is InChI=1S/C13H16ClF3N2O2/c1-8(9-3-2-4-10(14)7-9)19-12(21)18-6-5-11(20)13(15,16)17/h2-4,7-8,11,20H,5-6H2,1H3,(H2,18,19,21)/t8-,11-/m1/s1. The van der Waals surface area contributed by atoms with Gasteiger partial charge in [-0.3, -0.25) is 0 Å². The third kappa shape index (κ3) is 6.22. The van der Waals surface area contributed by atoms with Crippen molar-refractivity contribution in [3.05, 3.63) is 34.9 Å². The Bertz CT molecular complexity index is 483. The zero-order chi connectivity index (χ0) is 16.0. The maximum Gasteiger partial charge on any atom is 0.414 e. The van der Waals surface area contributed by atoms with Crippen molar-refractivity contribution in [2.45, 2.75) is 31.7 Å². The van der Waals surface area contributed by atoms with Crippen LogP contribution in [0.2, 0.25) is 5.02 Å². The predicted molar refractivity (Wildman–Crippen MR) is 73.1 cm³/mol. The van der Waals surface area contributed by atoms with Gasteiger partial charge in [-0.15, -0.1) is 0 Å². The van der Waals surface area contributed by atoms with Crippen molar-refractivity contribution >= 4 is 17.6 Å². The third-order valence-electron chi connectivity index (χ3n) is 2.78. The van der Waals surface area contributed by atoms with Crippen molar-refractivity contribution in [1.29, 1.82) is 0 Å². The largest absolute Gasteiger partial charge is 0.414 e. The van der Waals surface area contributed by atoms with Crippen LogP contribution in [0, 0.1) is 0 Å². The summed E-state index contributed by atoms with van der Waals surface area (Å²) in [5, 5.41) is 14.1. The second kappa shape index (κ2) is 7.51. The third-order valence-corrected chi connectivity index (χ3v) is 3.01. The van der Waals surface area contributed by atoms with Crippen LogP contribution >= 0.6 is 11.6 Å². The van der Waals surface area contributed by atoms with Gasteiger partial charge >= 0.3 is 12.2 Å². The number of alkyl halides is 3. The van der Waals surface area contributed by atoms with Crippen LogP contribution < -0.4 is 10.6 Å². The molecule has 1 aromatic rings. The Morgan fingerprint density at radius 3 is 2.67 bits per heavy atom. The summed E-state index contributed by atoms with van der Waals surface area (Å²) in [6, 6.07) is 5.90. The van der Waals surface area contributed by atoms with Gasteiger partial charge < -0.3 is 15.7 Å². The van der Waals surface area contributed by atoms with Gasteiger partial charge in [0.05, 0.1) is 6.04 Å². The van der Waals surface area contributed by atoms with E-state index in [0.29, 0.717) is 5.02 Å². The molecule has 0 aliphatic heterocycles. The first-order chi connectivity index (χ1) is 9.70. The molecule has 0 saturated carbocycles. The highest BCUT2D eigenvalue weighted by atomic mass is 35.5. The molecule has 4 nitrogen and oxygen atoms in total. The van der Waals surface area contributed by atoms with Crippen LogP contribution in [0.25, 0.3) is 0 Å². The van der Waals surface area contributed by atoms with Crippen LogP contribution in [-0.2, 0) is 0 Å². The van der Waals surface area contributed by atoms with Crippen LogP contribution in [0.3, 0.4) is 0 Å². The molecule has 0 bridgehead atoms. The number of amides is 2. The van der Waals surface area contributed by atoms with E-state index in [2.05, 4.69) is 10.6 Å². The summed E-state index contributed by atoms with van der Waals surface area (Å²) in [6.07, 6.45) is -7.71. The van der Waals surface area contributed by atoms with E-state index in [1.807, 2.05) is 0 Å². The Balaban J connectivity index is 2.37. The molecule has 118 valence electrons. The fourth-order valence-corrected chi connectivity index (χ4v) is 1.79. The minimum atomic E-state index is -4.67. The number of carbonyl (C=O) groups excluding carboxylic acids is 1. The van der Waals surface area contributed by atoms with Gasteiger partial charge in [-0.05, 0) is 31.0 Å². The monoisotopic (exact) mass is 324 g/mol. The molecular formula is C13H16ClF3N2O2. The van der Waals surface area contributed by atoms with Gasteiger partial charge in [-0.25, -0.2) is 4.79 Å². The first kappa shape index (κ1) is 17.6. The first-order valence-corrected chi connectivity index (χ1v) is 6.62. The van der Waals surface area contributed by atoms with E-state index in [1.165, 1.54) is 0 Å². The molecule has 0 saturated heterocycles. The minimum Gasteiger partial charge on any atom is -0.384 e. The van der Waals surface area contributed by atoms with Gasteiger partial charge in [0.15, 0.2) is 6.10 Å². The van der Waals surface area contributed by atoms with Gasteiger partial charge in [-0.2, -0.15) is 13.2 Å². The van der Waals surface area contributed by atoms with Crippen molar-refractivity contribution in [3.8, 4) is 0 Å². The number of rotatable bonds is 5. The molecular weight excluding hydrogens is 309 g/mol. The van der Waals surface area contributed by atoms with Crippen LogP contribution in [0.15, 0.2) is 24.3 Å². The van der Waals surface area contributed by atoms with Gasteiger partial charge in [0.1, 0.15) is 0 Å². The average Bonchev–Trinajstić information content (AvgIpc) is 2.37. The number of halogens is 4. The number of aliphatic hydroxyl groups is 1. The van der Waals surface area contributed by atoms with E-state index in [4.69, 9.17) is 16.7 Å². The van der Waals surface area contributed by atoms with Crippen molar-refractivity contribution in [2.24, 2.45) is 0 Å². The molecule has 0 aliphatic carbocycles. The molecule has 0 unspecified atom stereocenters. The Kier molecular flexibility index (Phi) is 6.29. The van der Waals surface area contributed by atoms with Gasteiger partial charge in [0.2, 0.25) is 0 Å². The summed E-state index contributed by atoms with van der Waals surface area (Å²) in [5.41, 5.74) is 0.771. The highest BCUT2D eigenvalue weighted by molar-refractivity contribution is 6.30. The molecule has 8 heteroatoms. The van der Waals surface area contributed by atoms with Crippen LogP contribution in [0.1, 0.15) is 24.9 Å². The number of aliphatic hydroxyl groups excluding tert-OH is 1. The Morgan fingerprint density at radius 1 is 1.43 bits per heavy atom. The number of urea groups is 1. The average molecular weight is 325 g/mol. The molecule has 2 atom stereocenters. The zero-order valence-corrected chi connectivity index (χ0v) is 12.0. The summed E-state index contributed by atoms with van der Waals surface area (Å²) < 4.78 is 36.2. The van der Waals surface area contributed by atoms with E-state index in [0.717, 1.165) is 5.56 Å².